The summed E-state index contributed by atoms with van der Waals surface area (Å²) in [6.07, 6.45) is 1.96. The number of rotatable bonds is 5. The number of nitrogens with two attached hydrogens (primary N) is 1. The zero-order valence-electron chi connectivity index (χ0n) is 12.2. The smallest absolute Gasteiger partial charge is 0.192 e. The Kier molecular flexibility index (Phi) is 3.92. The highest BCUT2D eigenvalue weighted by Gasteiger charge is 2.16. The Bertz CT molecular complexity index is 554. The van der Waals surface area contributed by atoms with E-state index in [-0.39, 0.29) is 11.6 Å². The van der Waals surface area contributed by atoms with Gasteiger partial charge in [0, 0.05) is 18.5 Å². The lowest BCUT2D eigenvalue weighted by Crippen LogP contribution is -2.33. The summed E-state index contributed by atoms with van der Waals surface area (Å²) in [4.78, 5) is 4.32. The van der Waals surface area contributed by atoms with E-state index in [1.165, 1.54) is 5.56 Å². The predicted octanol–water partition coefficient (Wildman–Crippen LogP) is 2.91. The van der Waals surface area contributed by atoms with E-state index in [1.807, 2.05) is 20.0 Å². The van der Waals surface area contributed by atoms with Crippen molar-refractivity contribution in [1.82, 2.24) is 10.3 Å². The lowest BCUT2D eigenvalue weighted by atomic mass is 9.93. The number of oxazole rings is 1. The normalized spacial score (nSPS) is 13.9. The second-order valence-corrected chi connectivity index (χ2v) is 5.83. The van der Waals surface area contributed by atoms with E-state index in [9.17, 15) is 0 Å². The highest BCUT2D eigenvalue weighted by molar-refractivity contribution is 5.73. The van der Waals surface area contributed by atoms with Crippen molar-refractivity contribution in [1.29, 1.82) is 0 Å². The number of aromatic nitrogens is 1. The van der Waals surface area contributed by atoms with Gasteiger partial charge in [-0.05, 0) is 51.4 Å². The summed E-state index contributed by atoms with van der Waals surface area (Å²) in [6, 6.07) is 6.48. The van der Waals surface area contributed by atoms with E-state index >= 15 is 0 Å². The predicted molar refractivity (Wildman–Crippen MR) is 78.0 cm³/mol. The molecule has 2 rings (SSSR count). The van der Waals surface area contributed by atoms with Crippen LogP contribution < -0.4 is 11.1 Å². The van der Waals surface area contributed by atoms with E-state index in [4.69, 9.17) is 10.2 Å². The van der Waals surface area contributed by atoms with Crippen LogP contribution in [-0.2, 0) is 0 Å². The molecule has 0 spiro atoms. The van der Waals surface area contributed by atoms with Gasteiger partial charge in [-0.2, -0.15) is 0 Å². The van der Waals surface area contributed by atoms with Gasteiger partial charge in [-0.25, -0.2) is 4.98 Å². The van der Waals surface area contributed by atoms with Crippen molar-refractivity contribution in [3.05, 3.63) is 29.7 Å². The molecule has 1 aromatic heterocycles. The van der Waals surface area contributed by atoms with Crippen LogP contribution >= 0.6 is 0 Å². The first kappa shape index (κ1) is 14.0. The maximum atomic E-state index is 6.05. The second kappa shape index (κ2) is 5.31. The molecule has 0 aliphatic heterocycles. The Morgan fingerprint density at radius 2 is 2.16 bits per heavy atom. The van der Waals surface area contributed by atoms with E-state index < -0.39 is 0 Å². The maximum absolute atomic E-state index is 6.05. The van der Waals surface area contributed by atoms with Crippen molar-refractivity contribution in [2.45, 2.75) is 45.2 Å². The summed E-state index contributed by atoms with van der Waals surface area (Å²) in [5, 5.41) is 3.34. The second-order valence-electron chi connectivity index (χ2n) is 5.83. The Labute approximate surface area is 114 Å². The van der Waals surface area contributed by atoms with E-state index in [2.05, 4.69) is 36.3 Å². The molecule has 1 atom stereocenters. The molecule has 0 aliphatic carbocycles. The topological polar surface area (TPSA) is 64.1 Å². The van der Waals surface area contributed by atoms with Crippen molar-refractivity contribution >= 4 is 11.1 Å². The summed E-state index contributed by atoms with van der Waals surface area (Å²) >= 11 is 0. The SMILES string of the molecule is CNC(CCC(C)(C)N)c1ccc2nc(C)oc2c1. The van der Waals surface area contributed by atoms with Gasteiger partial charge in [-0.15, -0.1) is 0 Å². The number of benzene rings is 1. The highest BCUT2D eigenvalue weighted by atomic mass is 16.3. The molecule has 0 fully saturated rings. The van der Waals surface area contributed by atoms with Gasteiger partial charge in [0.1, 0.15) is 5.52 Å². The maximum Gasteiger partial charge on any atom is 0.192 e. The molecule has 3 N–H and O–H groups in total. The molecule has 2 aromatic rings. The molecule has 0 radical (unpaired) electrons. The van der Waals surface area contributed by atoms with Crippen LogP contribution in [0.2, 0.25) is 0 Å². The third kappa shape index (κ3) is 3.55. The Morgan fingerprint density at radius 1 is 1.42 bits per heavy atom. The fourth-order valence-electron chi connectivity index (χ4n) is 2.27. The van der Waals surface area contributed by atoms with Crippen LogP contribution in [0, 0.1) is 6.92 Å². The molecular weight excluding hydrogens is 238 g/mol. The van der Waals surface area contributed by atoms with Gasteiger partial charge in [0.2, 0.25) is 0 Å². The van der Waals surface area contributed by atoms with Crippen LogP contribution in [-0.4, -0.2) is 17.6 Å². The van der Waals surface area contributed by atoms with Crippen molar-refractivity contribution in [2.24, 2.45) is 5.73 Å². The number of hydrogen-bond donors (Lipinski definition) is 2. The summed E-state index contributed by atoms with van der Waals surface area (Å²) < 4.78 is 5.59. The van der Waals surface area contributed by atoms with E-state index in [0.717, 1.165) is 23.9 Å². The van der Waals surface area contributed by atoms with Gasteiger partial charge >= 0.3 is 0 Å². The first-order valence-corrected chi connectivity index (χ1v) is 6.72. The molecule has 0 saturated carbocycles. The average molecular weight is 261 g/mol. The summed E-state index contributed by atoms with van der Waals surface area (Å²) in [5.41, 5.74) is 8.90. The minimum absolute atomic E-state index is 0.137. The molecule has 0 aliphatic rings. The highest BCUT2D eigenvalue weighted by Crippen LogP contribution is 2.25. The van der Waals surface area contributed by atoms with Crippen LogP contribution in [0.1, 0.15) is 44.2 Å². The lowest BCUT2D eigenvalue weighted by Gasteiger charge is -2.23. The van der Waals surface area contributed by atoms with Crippen LogP contribution in [0.5, 0.6) is 0 Å². The van der Waals surface area contributed by atoms with Crippen molar-refractivity contribution < 1.29 is 4.42 Å². The van der Waals surface area contributed by atoms with E-state index in [1.54, 1.807) is 0 Å². The Morgan fingerprint density at radius 3 is 2.79 bits per heavy atom. The standard InChI is InChI=1S/C15H23N3O/c1-10-18-13-6-5-11(9-14(13)19-10)12(17-4)7-8-15(2,3)16/h5-6,9,12,17H,7-8,16H2,1-4H3. The van der Waals surface area contributed by atoms with Gasteiger partial charge in [0.15, 0.2) is 11.5 Å². The molecule has 0 amide bonds. The molecular formula is C15H23N3O. The van der Waals surface area contributed by atoms with Crippen LogP contribution in [0.15, 0.2) is 22.6 Å². The summed E-state index contributed by atoms with van der Waals surface area (Å²) in [7, 11) is 1.98. The zero-order valence-corrected chi connectivity index (χ0v) is 12.2. The van der Waals surface area contributed by atoms with Gasteiger partial charge in [0.25, 0.3) is 0 Å². The third-order valence-electron chi connectivity index (χ3n) is 3.35. The van der Waals surface area contributed by atoms with Crippen molar-refractivity contribution in [3.63, 3.8) is 0 Å². The summed E-state index contributed by atoms with van der Waals surface area (Å²) in [6.45, 7) is 5.98. The van der Waals surface area contributed by atoms with Gasteiger partial charge in [0.05, 0.1) is 0 Å². The zero-order chi connectivity index (χ0) is 14.0. The molecule has 1 heterocycles. The number of fused-ring (bicyclic) bond motifs is 1. The monoisotopic (exact) mass is 261 g/mol. The number of nitrogens with one attached hydrogen (secondary N) is 1. The summed E-state index contributed by atoms with van der Waals surface area (Å²) in [5.74, 6) is 0.705. The van der Waals surface area contributed by atoms with Crippen molar-refractivity contribution in [2.75, 3.05) is 7.05 Å². The average Bonchev–Trinajstić information content (AvgIpc) is 2.67. The molecule has 0 bridgehead atoms. The Hall–Kier alpha value is -1.39. The molecule has 1 aromatic carbocycles. The number of nitrogens with zero attached hydrogens (tertiary/aromatic N) is 1. The Balaban J connectivity index is 2.20. The van der Waals surface area contributed by atoms with Gasteiger partial charge in [-0.1, -0.05) is 6.07 Å². The molecule has 104 valence electrons. The minimum Gasteiger partial charge on any atom is -0.441 e. The minimum atomic E-state index is -0.137. The number of hydrogen-bond acceptors (Lipinski definition) is 4. The fourth-order valence-corrected chi connectivity index (χ4v) is 2.27. The lowest BCUT2D eigenvalue weighted by molar-refractivity contribution is 0.411. The third-order valence-corrected chi connectivity index (χ3v) is 3.35. The molecule has 0 saturated heterocycles. The quantitative estimate of drug-likeness (QED) is 0.868. The molecule has 19 heavy (non-hydrogen) atoms. The largest absolute Gasteiger partial charge is 0.441 e. The molecule has 1 unspecified atom stereocenters. The first-order chi connectivity index (χ1) is 8.89. The van der Waals surface area contributed by atoms with Gasteiger partial charge in [-0.3, -0.25) is 0 Å². The van der Waals surface area contributed by atoms with Gasteiger partial charge < -0.3 is 15.5 Å². The first-order valence-electron chi connectivity index (χ1n) is 6.72. The van der Waals surface area contributed by atoms with Crippen molar-refractivity contribution in [3.8, 4) is 0 Å². The fraction of sp³-hybridized carbons (Fsp3) is 0.533. The van der Waals surface area contributed by atoms with Crippen LogP contribution in [0.4, 0.5) is 0 Å². The number of aryl methyl sites for hydroxylation is 1. The van der Waals surface area contributed by atoms with Crippen LogP contribution in [0.25, 0.3) is 11.1 Å². The molecule has 4 nitrogen and oxygen atoms in total. The molecule has 4 heteroatoms. The van der Waals surface area contributed by atoms with Crippen LogP contribution in [0.3, 0.4) is 0 Å². The van der Waals surface area contributed by atoms with E-state index in [0.29, 0.717) is 5.89 Å².